The minimum absolute atomic E-state index is 0.00483. The zero-order valence-electron chi connectivity index (χ0n) is 15.5. The Morgan fingerprint density at radius 1 is 1.04 bits per heavy atom. The molecule has 1 fully saturated rings. The van der Waals surface area contributed by atoms with Gasteiger partial charge in [-0.1, -0.05) is 55.5 Å². The van der Waals surface area contributed by atoms with Gasteiger partial charge in [-0.2, -0.15) is 0 Å². The Bertz CT molecular complexity index is 773. The molecule has 0 radical (unpaired) electrons. The number of hydrogen-bond donors (Lipinski definition) is 0. The molecule has 2 amide bonds. The molecule has 1 unspecified atom stereocenters. The van der Waals surface area contributed by atoms with Crippen molar-refractivity contribution in [2.24, 2.45) is 0 Å². The van der Waals surface area contributed by atoms with Crippen LogP contribution in [0.1, 0.15) is 31.4 Å². The summed E-state index contributed by atoms with van der Waals surface area (Å²) in [5.41, 5.74) is 3.29. The predicted molar refractivity (Wildman–Crippen MR) is 104 cm³/mol. The van der Waals surface area contributed by atoms with Crippen LogP contribution in [0.4, 0.5) is 5.69 Å². The summed E-state index contributed by atoms with van der Waals surface area (Å²) < 4.78 is 0. The van der Waals surface area contributed by atoms with E-state index in [2.05, 4.69) is 13.0 Å². The smallest absolute Gasteiger partial charge is 0.249 e. The average molecular weight is 350 g/mol. The summed E-state index contributed by atoms with van der Waals surface area (Å²) in [5, 5.41) is 0. The Balaban J connectivity index is 1.66. The average Bonchev–Trinajstić information content (AvgIpc) is 2.69. The van der Waals surface area contributed by atoms with Crippen LogP contribution in [0.25, 0.3) is 0 Å². The van der Waals surface area contributed by atoms with Crippen molar-refractivity contribution < 1.29 is 9.59 Å². The minimum atomic E-state index is -0.420. The summed E-state index contributed by atoms with van der Waals surface area (Å²) in [7, 11) is 0. The highest BCUT2D eigenvalue weighted by atomic mass is 16.2. The molecule has 2 aromatic rings. The molecule has 1 atom stereocenters. The van der Waals surface area contributed by atoms with Crippen LogP contribution < -0.4 is 4.90 Å². The summed E-state index contributed by atoms with van der Waals surface area (Å²) in [5.74, 6) is 0.0586. The first kappa shape index (κ1) is 18.2. The molecule has 1 saturated heterocycles. The second-order valence-electron chi connectivity index (χ2n) is 6.72. The van der Waals surface area contributed by atoms with Gasteiger partial charge in [0.05, 0.1) is 0 Å². The van der Waals surface area contributed by atoms with Gasteiger partial charge in [-0.15, -0.1) is 0 Å². The fraction of sp³-hybridized carbons (Fsp3) is 0.364. The van der Waals surface area contributed by atoms with Gasteiger partial charge in [-0.3, -0.25) is 9.59 Å². The molecule has 0 aliphatic carbocycles. The highest BCUT2D eigenvalue weighted by Gasteiger charge is 2.35. The van der Waals surface area contributed by atoms with E-state index in [9.17, 15) is 9.59 Å². The summed E-state index contributed by atoms with van der Waals surface area (Å²) in [4.78, 5) is 29.1. The van der Waals surface area contributed by atoms with Gasteiger partial charge in [-0.05, 0) is 37.0 Å². The van der Waals surface area contributed by atoms with Crippen LogP contribution in [0.15, 0.2) is 54.6 Å². The minimum Gasteiger partial charge on any atom is -0.329 e. The van der Waals surface area contributed by atoms with E-state index in [1.807, 2.05) is 60.4 Å². The molecule has 1 aliphatic rings. The van der Waals surface area contributed by atoms with Crippen molar-refractivity contribution in [3.05, 3.63) is 65.7 Å². The van der Waals surface area contributed by atoms with E-state index in [1.54, 1.807) is 4.90 Å². The molecule has 0 spiro atoms. The number of nitrogens with zero attached hydrogens (tertiary/aromatic N) is 2. The zero-order chi connectivity index (χ0) is 18.5. The molecule has 0 N–H and O–H groups in total. The second-order valence-corrected chi connectivity index (χ2v) is 6.72. The van der Waals surface area contributed by atoms with E-state index in [-0.39, 0.29) is 11.8 Å². The Hall–Kier alpha value is -2.62. The number of benzene rings is 2. The van der Waals surface area contributed by atoms with Gasteiger partial charge < -0.3 is 9.80 Å². The third kappa shape index (κ3) is 3.79. The first-order valence-electron chi connectivity index (χ1n) is 9.34. The molecule has 136 valence electrons. The lowest BCUT2D eigenvalue weighted by molar-refractivity contribution is -0.140. The van der Waals surface area contributed by atoms with Gasteiger partial charge in [0.25, 0.3) is 0 Å². The Labute approximate surface area is 155 Å². The van der Waals surface area contributed by atoms with Crippen molar-refractivity contribution in [3.63, 3.8) is 0 Å². The standard InChI is InChI=1S/C22H26N2O2/c1-3-19-11-7-8-12-20(19)24-16-15-23(17(2)22(24)26)21(25)14-13-18-9-5-4-6-10-18/h4-12,17H,3,13-16H2,1-2H3. The van der Waals surface area contributed by atoms with Crippen molar-refractivity contribution in [2.45, 2.75) is 39.2 Å². The maximum absolute atomic E-state index is 12.9. The Morgan fingerprint density at radius 3 is 2.46 bits per heavy atom. The molecule has 4 nitrogen and oxygen atoms in total. The van der Waals surface area contributed by atoms with Crippen molar-refractivity contribution in [2.75, 3.05) is 18.0 Å². The number of amides is 2. The van der Waals surface area contributed by atoms with Crippen LogP contribution in [0.3, 0.4) is 0 Å². The number of carbonyl (C=O) groups excluding carboxylic acids is 2. The zero-order valence-corrected chi connectivity index (χ0v) is 15.5. The number of piperazine rings is 1. The molecule has 3 rings (SSSR count). The number of carbonyl (C=O) groups is 2. The molecule has 0 aromatic heterocycles. The highest BCUT2D eigenvalue weighted by molar-refractivity contribution is 6.00. The number of para-hydroxylation sites is 1. The van der Waals surface area contributed by atoms with E-state index in [1.165, 1.54) is 0 Å². The van der Waals surface area contributed by atoms with E-state index in [0.717, 1.165) is 23.2 Å². The molecule has 2 aromatic carbocycles. The van der Waals surface area contributed by atoms with Crippen molar-refractivity contribution in [1.29, 1.82) is 0 Å². The van der Waals surface area contributed by atoms with Crippen LogP contribution in [0.2, 0.25) is 0 Å². The van der Waals surface area contributed by atoms with E-state index in [4.69, 9.17) is 0 Å². The van der Waals surface area contributed by atoms with Gasteiger partial charge in [0, 0.05) is 25.2 Å². The van der Waals surface area contributed by atoms with E-state index < -0.39 is 6.04 Å². The van der Waals surface area contributed by atoms with Gasteiger partial charge >= 0.3 is 0 Å². The van der Waals surface area contributed by atoms with Gasteiger partial charge in [-0.25, -0.2) is 0 Å². The lowest BCUT2D eigenvalue weighted by Gasteiger charge is -2.39. The highest BCUT2D eigenvalue weighted by Crippen LogP contribution is 2.25. The molecule has 1 heterocycles. The summed E-state index contributed by atoms with van der Waals surface area (Å²) in [6.45, 7) is 5.06. The molecule has 4 heteroatoms. The fourth-order valence-electron chi connectivity index (χ4n) is 3.56. The van der Waals surface area contributed by atoms with Crippen LogP contribution in [0.5, 0.6) is 0 Å². The largest absolute Gasteiger partial charge is 0.329 e. The van der Waals surface area contributed by atoms with Crippen LogP contribution >= 0.6 is 0 Å². The maximum atomic E-state index is 12.9. The summed E-state index contributed by atoms with van der Waals surface area (Å²) in [6, 6.07) is 17.6. The van der Waals surface area contributed by atoms with Crippen LogP contribution in [-0.4, -0.2) is 35.8 Å². The topological polar surface area (TPSA) is 40.6 Å². The van der Waals surface area contributed by atoms with Crippen molar-refractivity contribution in [1.82, 2.24) is 4.90 Å². The second kappa shape index (κ2) is 8.17. The fourth-order valence-corrected chi connectivity index (χ4v) is 3.56. The van der Waals surface area contributed by atoms with Crippen LogP contribution in [-0.2, 0) is 22.4 Å². The monoisotopic (exact) mass is 350 g/mol. The first-order chi connectivity index (χ1) is 12.6. The maximum Gasteiger partial charge on any atom is 0.249 e. The summed E-state index contributed by atoms with van der Waals surface area (Å²) in [6.07, 6.45) is 2.03. The normalized spacial score (nSPS) is 17.5. The lowest BCUT2D eigenvalue weighted by Crippen LogP contribution is -2.58. The van der Waals surface area contributed by atoms with E-state index in [0.29, 0.717) is 25.9 Å². The number of hydrogen-bond acceptors (Lipinski definition) is 2. The first-order valence-corrected chi connectivity index (χ1v) is 9.34. The molecule has 1 aliphatic heterocycles. The van der Waals surface area contributed by atoms with Crippen molar-refractivity contribution in [3.8, 4) is 0 Å². The van der Waals surface area contributed by atoms with Gasteiger partial charge in [0.1, 0.15) is 6.04 Å². The van der Waals surface area contributed by atoms with Crippen molar-refractivity contribution >= 4 is 17.5 Å². The van der Waals surface area contributed by atoms with E-state index >= 15 is 0 Å². The number of anilines is 1. The third-order valence-electron chi connectivity index (χ3n) is 5.11. The quantitative estimate of drug-likeness (QED) is 0.829. The Morgan fingerprint density at radius 2 is 1.73 bits per heavy atom. The molecule has 0 saturated carbocycles. The molecule has 26 heavy (non-hydrogen) atoms. The molecular formula is C22H26N2O2. The number of aryl methyl sites for hydroxylation is 2. The molecule has 0 bridgehead atoms. The van der Waals surface area contributed by atoms with Gasteiger partial charge in [0.15, 0.2) is 0 Å². The Kier molecular flexibility index (Phi) is 5.71. The summed E-state index contributed by atoms with van der Waals surface area (Å²) >= 11 is 0. The van der Waals surface area contributed by atoms with Gasteiger partial charge in [0.2, 0.25) is 11.8 Å². The predicted octanol–water partition coefficient (Wildman–Crippen LogP) is 3.45. The third-order valence-corrected chi connectivity index (χ3v) is 5.11. The van der Waals surface area contributed by atoms with Crippen LogP contribution in [0, 0.1) is 0 Å². The lowest BCUT2D eigenvalue weighted by atomic mass is 10.0. The molecular weight excluding hydrogens is 324 g/mol. The number of rotatable bonds is 5. The SMILES string of the molecule is CCc1ccccc1N1CCN(C(=O)CCc2ccccc2)C(C)C1=O.